The predicted octanol–water partition coefficient (Wildman–Crippen LogP) is 7.24. The molecule has 5 nitrogen and oxygen atoms in total. The molecule has 4 aromatic rings. The van der Waals surface area contributed by atoms with Crippen LogP contribution in [-0.4, -0.2) is 31.5 Å². The maximum atomic E-state index is 15.6. The Labute approximate surface area is 224 Å². The standard InChI is InChI=1S/C31H39F2N5/c1-5-6-11-27-36-28-29(22-9-7-8-10-26(22)35-30(28)34)38(27)19-23-24(32)16-21(17-25(23)33)18-37(31(2,3)4)15-14-20-12-13-20/h7-10,16-17,20H,5-6,11-15,18-19H2,1-4H3,(H2,34,35). The summed E-state index contributed by atoms with van der Waals surface area (Å²) < 4.78 is 33.2. The molecule has 2 N–H and O–H groups in total. The third-order valence-corrected chi connectivity index (χ3v) is 7.79. The van der Waals surface area contributed by atoms with E-state index in [4.69, 9.17) is 10.7 Å². The molecule has 0 amide bonds. The number of fused-ring (bicyclic) bond motifs is 3. The molecule has 5 rings (SSSR count). The molecule has 0 saturated heterocycles. The lowest BCUT2D eigenvalue weighted by molar-refractivity contribution is 0.123. The maximum Gasteiger partial charge on any atom is 0.152 e. The van der Waals surface area contributed by atoms with Crippen LogP contribution in [0.2, 0.25) is 0 Å². The number of benzene rings is 2. The molecule has 1 aliphatic carbocycles. The fourth-order valence-electron chi connectivity index (χ4n) is 5.27. The van der Waals surface area contributed by atoms with Gasteiger partial charge in [-0.25, -0.2) is 18.7 Å². The highest BCUT2D eigenvalue weighted by Crippen LogP contribution is 2.34. The van der Waals surface area contributed by atoms with E-state index in [1.165, 1.54) is 25.0 Å². The van der Waals surface area contributed by atoms with Crippen LogP contribution < -0.4 is 5.73 Å². The number of imidazole rings is 1. The van der Waals surface area contributed by atoms with Gasteiger partial charge in [0.05, 0.1) is 17.6 Å². The normalized spacial score (nSPS) is 14.3. The zero-order valence-electron chi connectivity index (χ0n) is 23.0. The Hall–Kier alpha value is -3.06. The van der Waals surface area contributed by atoms with Crippen molar-refractivity contribution in [3.63, 3.8) is 0 Å². The highest BCUT2D eigenvalue weighted by Gasteiger charge is 2.27. The average Bonchev–Trinajstić information content (AvgIpc) is 3.61. The van der Waals surface area contributed by atoms with Crippen LogP contribution in [0.15, 0.2) is 36.4 Å². The van der Waals surface area contributed by atoms with E-state index < -0.39 is 11.6 Å². The Balaban J connectivity index is 1.52. The Morgan fingerprint density at radius 2 is 1.79 bits per heavy atom. The summed E-state index contributed by atoms with van der Waals surface area (Å²) in [5.41, 5.74) is 9.03. The third-order valence-electron chi connectivity index (χ3n) is 7.79. The minimum atomic E-state index is -0.523. The first-order valence-electron chi connectivity index (χ1n) is 13.9. The highest BCUT2D eigenvalue weighted by atomic mass is 19.1. The molecule has 202 valence electrons. The SMILES string of the molecule is CCCCc1nc2c(N)nc3ccccc3c2n1Cc1c(F)cc(CN(CCC2CC2)C(C)(C)C)cc1F. The van der Waals surface area contributed by atoms with Crippen molar-refractivity contribution in [1.82, 2.24) is 19.4 Å². The summed E-state index contributed by atoms with van der Waals surface area (Å²) in [6.45, 7) is 10.1. The molecule has 1 aliphatic rings. The van der Waals surface area contributed by atoms with Gasteiger partial charge in [0.25, 0.3) is 0 Å². The van der Waals surface area contributed by atoms with Gasteiger partial charge in [0.15, 0.2) is 5.82 Å². The topological polar surface area (TPSA) is 60.0 Å². The number of para-hydroxylation sites is 1. The number of anilines is 1. The molecule has 1 fully saturated rings. The molecule has 0 aliphatic heterocycles. The van der Waals surface area contributed by atoms with Crippen LogP contribution in [0.5, 0.6) is 0 Å². The number of rotatable bonds is 10. The first-order chi connectivity index (χ1) is 18.2. The molecule has 1 saturated carbocycles. The van der Waals surface area contributed by atoms with Gasteiger partial charge in [-0.05, 0) is 69.8 Å². The summed E-state index contributed by atoms with van der Waals surface area (Å²) in [5, 5.41) is 0.876. The number of nitrogens with zero attached hydrogens (tertiary/aromatic N) is 4. The summed E-state index contributed by atoms with van der Waals surface area (Å²) >= 11 is 0. The lowest BCUT2D eigenvalue weighted by Crippen LogP contribution is -2.41. The zero-order chi connectivity index (χ0) is 27.0. The average molecular weight is 520 g/mol. The van der Waals surface area contributed by atoms with Crippen molar-refractivity contribution >= 4 is 27.8 Å². The second-order valence-corrected chi connectivity index (χ2v) is 11.8. The summed E-state index contributed by atoms with van der Waals surface area (Å²) in [7, 11) is 0. The van der Waals surface area contributed by atoms with Gasteiger partial charge in [0.1, 0.15) is 23.0 Å². The quantitative estimate of drug-likeness (QED) is 0.240. The summed E-state index contributed by atoms with van der Waals surface area (Å²) in [6, 6.07) is 10.7. The van der Waals surface area contributed by atoms with E-state index in [1.54, 1.807) is 0 Å². The van der Waals surface area contributed by atoms with Gasteiger partial charge >= 0.3 is 0 Å². The monoisotopic (exact) mass is 519 g/mol. The second kappa shape index (κ2) is 10.6. The van der Waals surface area contributed by atoms with Gasteiger partial charge in [0.2, 0.25) is 0 Å². The summed E-state index contributed by atoms with van der Waals surface area (Å²) in [4.78, 5) is 11.6. The van der Waals surface area contributed by atoms with E-state index in [-0.39, 0.29) is 17.6 Å². The first kappa shape index (κ1) is 26.5. The minimum Gasteiger partial charge on any atom is -0.382 e. The first-order valence-corrected chi connectivity index (χ1v) is 13.9. The van der Waals surface area contributed by atoms with E-state index in [0.717, 1.165) is 54.0 Å². The molecular formula is C31H39F2N5. The fraction of sp³-hybridized carbons (Fsp3) is 0.484. The van der Waals surface area contributed by atoms with E-state index in [2.05, 4.69) is 37.6 Å². The van der Waals surface area contributed by atoms with E-state index in [1.807, 2.05) is 28.8 Å². The smallest absolute Gasteiger partial charge is 0.152 e. The summed E-state index contributed by atoms with van der Waals surface area (Å²) in [5.74, 6) is 0.868. The molecule has 0 spiro atoms. The van der Waals surface area contributed by atoms with Crippen molar-refractivity contribution in [2.45, 2.75) is 84.8 Å². The molecule has 0 bridgehead atoms. The lowest BCUT2D eigenvalue weighted by atomic mass is 10.0. The van der Waals surface area contributed by atoms with Gasteiger partial charge in [-0.15, -0.1) is 0 Å². The number of aryl methyl sites for hydroxylation is 1. The molecule has 2 aromatic heterocycles. The third kappa shape index (κ3) is 5.53. The van der Waals surface area contributed by atoms with Crippen molar-refractivity contribution in [3.8, 4) is 0 Å². The van der Waals surface area contributed by atoms with Crippen LogP contribution in [0.4, 0.5) is 14.6 Å². The zero-order valence-corrected chi connectivity index (χ0v) is 23.0. The number of nitrogens with two attached hydrogens (primary N) is 1. The maximum absolute atomic E-state index is 15.6. The fourth-order valence-corrected chi connectivity index (χ4v) is 5.27. The van der Waals surface area contributed by atoms with Gasteiger partial charge in [-0.3, -0.25) is 4.90 Å². The van der Waals surface area contributed by atoms with Crippen molar-refractivity contribution in [2.75, 3.05) is 12.3 Å². The number of halogens is 2. The Morgan fingerprint density at radius 1 is 1.08 bits per heavy atom. The molecule has 0 radical (unpaired) electrons. The van der Waals surface area contributed by atoms with Crippen LogP contribution in [0.1, 0.15) is 76.8 Å². The number of pyridine rings is 1. The molecule has 38 heavy (non-hydrogen) atoms. The number of hydrogen-bond donors (Lipinski definition) is 1. The largest absolute Gasteiger partial charge is 0.382 e. The van der Waals surface area contributed by atoms with Gasteiger partial charge in [0, 0.05) is 29.5 Å². The highest BCUT2D eigenvalue weighted by molar-refractivity contribution is 6.06. The molecule has 0 atom stereocenters. The van der Waals surface area contributed by atoms with Gasteiger partial charge in [-0.1, -0.05) is 44.4 Å². The lowest BCUT2D eigenvalue weighted by Gasteiger charge is -2.36. The van der Waals surface area contributed by atoms with Crippen LogP contribution >= 0.6 is 0 Å². The summed E-state index contributed by atoms with van der Waals surface area (Å²) in [6.07, 6.45) is 6.34. The number of aromatic nitrogens is 3. The van der Waals surface area contributed by atoms with E-state index in [0.29, 0.717) is 29.9 Å². The molecule has 2 aromatic carbocycles. The van der Waals surface area contributed by atoms with E-state index >= 15 is 8.78 Å². The number of unbranched alkanes of at least 4 members (excludes halogenated alkanes) is 1. The Kier molecular flexibility index (Phi) is 7.40. The second-order valence-electron chi connectivity index (χ2n) is 11.8. The molecule has 7 heteroatoms. The molecule has 0 unspecified atom stereocenters. The van der Waals surface area contributed by atoms with Gasteiger partial charge < -0.3 is 10.3 Å². The van der Waals surface area contributed by atoms with Crippen LogP contribution in [-0.2, 0) is 19.5 Å². The van der Waals surface area contributed by atoms with Crippen LogP contribution in [0.25, 0.3) is 21.9 Å². The van der Waals surface area contributed by atoms with Crippen LogP contribution in [0, 0.1) is 17.6 Å². The minimum absolute atomic E-state index is 0.0468. The number of nitrogen functional groups attached to an aromatic ring is 1. The van der Waals surface area contributed by atoms with Crippen molar-refractivity contribution in [3.05, 3.63) is 65.0 Å². The van der Waals surface area contributed by atoms with Crippen molar-refractivity contribution in [2.24, 2.45) is 5.92 Å². The van der Waals surface area contributed by atoms with Crippen molar-refractivity contribution in [1.29, 1.82) is 0 Å². The molecule has 2 heterocycles. The number of hydrogen-bond acceptors (Lipinski definition) is 4. The van der Waals surface area contributed by atoms with Gasteiger partial charge in [-0.2, -0.15) is 0 Å². The Morgan fingerprint density at radius 3 is 2.45 bits per heavy atom. The Bertz CT molecular complexity index is 1430. The predicted molar refractivity (Wildman–Crippen MR) is 151 cm³/mol. The van der Waals surface area contributed by atoms with Crippen molar-refractivity contribution < 1.29 is 8.78 Å². The molecular weight excluding hydrogens is 480 g/mol. The van der Waals surface area contributed by atoms with Crippen LogP contribution in [0.3, 0.4) is 0 Å². The van der Waals surface area contributed by atoms with E-state index in [9.17, 15) is 0 Å².